The molecule has 2 saturated carbocycles. The zero-order valence-corrected chi connectivity index (χ0v) is 12.1. The lowest BCUT2D eigenvalue weighted by Gasteiger charge is -2.33. The first-order chi connectivity index (χ1) is 9.37. The van der Waals surface area contributed by atoms with E-state index in [0.29, 0.717) is 12.0 Å². The van der Waals surface area contributed by atoms with Crippen molar-refractivity contribution in [1.29, 1.82) is 0 Å². The molecule has 2 fully saturated rings. The quantitative estimate of drug-likeness (QED) is 0.583. The second kappa shape index (κ2) is 3.80. The lowest BCUT2D eigenvalue weighted by Crippen LogP contribution is -2.39. The van der Waals surface area contributed by atoms with Crippen LogP contribution < -0.4 is 0 Å². The molecule has 0 aromatic rings. The Kier molecular flexibility index (Phi) is 2.57. The number of carbonyl (C=O) groups excluding carboxylic acids is 3. The van der Waals surface area contributed by atoms with Crippen LogP contribution in [0.2, 0.25) is 0 Å². The minimum absolute atomic E-state index is 0.110. The van der Waals surface area contributed by atoms with Gasteiger partial charge in [0.15, 0.2) is 0 Å². The van der Waals surface area contributed by atoms with Crippen LogP contribution in [-0.2, 0) is 19.1 Å². The third kappa shape index (κ3) is 1.34. The Hall–Kier alpha value is -1.45. The number of allylic oxidation sites excluding steroid dienone is 2. The summed E-state index contributed by atoms with van der Waals surface area (Å²) in [6.07, 6.45) is 5.76. The van der Waals surface area contributed by atoms with Gasteiger partial charge in [0.05, 0.1) is 17.9 Å². The molecule has 3 aliphatic carbocycles. The number of ether oxygens (including phenoxy) is 1. The standard InChI is InChI=1S/C16H20O4/c1-14(2)5-10-4-11(7-17)15(9-18)8-16(15,12(10)6-14)13(19)20-3/h4,7,9-10,12H,5-6,8H2,1-3H3/t10-,12+,15-,16-/m1/s1. The number of aldehydes is 2. The molecule has 4 nitrogen and oxygen atoms in total. The summed E-state index contributed by atoms with van der Waals surface area (Å²) in [6.45, 7) is 4.35. The van der Waals surface area contributed by atoms with Crippen LogP contribution in [0.4, 0.5) is 0 Å². The molecule has 3 rings (SSSR count). The van der Waals surface area contributed by atoms with Gasteiger partial charge in [-0.25, -0.2) is 0 Å². The first-order valence-corrected chi connectivity index (χ1v) is 7.09. The van der Waals surface area contributed by atoms with E-state index >= 15 is 0 Å². The molecule has 4 heteroatoms. The Bertz CT molecular complexity index is 533. The molecule has 0 bridgehead atoms. The second-order valence-corrected chi connectivity index (χ2v) is 7.31. The minimum atomic E-state index is -0.927. The van der Waals surface area contributed by atoms with Crippen LogP contribution in [0.1, 0.15) is 33.1 Å². The smallest absolute Gasteiger partial charge is 0.313 e. The van der Waals surface area contributed by atoms with E-state index in [1.54, 1.807) is 0 Å². The summed E-state index contributed by atoms with van der Waals surface area (Å²) in [5.74, 6) is -0.0246. The molecule has 0 saturated heterocycles. The monoisotopic (exact) mass is 276 g/mol. The molecular formula is C16H20O4. The van der Waals surface area contributed by atoms with Crippen molar-refractivity contribution in [3.8, 4) is 0 Å². The summed E-state index contributed by atoms with van der Waals surface area (Å²) in [6, 6.07) is 0. The van der Waals surface area contributed by atoms with Gasteiger partial charge in [0.25, 0.3) is 0 Å². The van der Waals surface area contributed by atoms with Crippen LogP contribution in [-0.4, -0.2) is 25.7 Å². The molecule has 0 unspecified atom stereocenters. The Morgan fingerprint density at radius 2 is 2.05 bits per heavy atom. The molecule has 0 aromatic carbocycles. The average molecular weight is 276 g/mol. The van der Waals surface area contributed by atoms with E-state index in [9.17, 15) is 14.4 Å². The molecule has 4 atom stereocenters. The second-order valence-electron chi connectivity index (χ2n) is 7.31. The van der Waals surface area contributed by atoms with E-state index in [4.69, 9.17) is 4.74 Å². The molecule has 108 valence electrons. The van der Waals surface area contributed by atoms with E-state index in [0.717, 1.165) is 25.4 Å². The highest BCUT2D eigenvalue weighted by Gasteiger charge is 2.80. The van der Waals surface area contributed by atoms with E-state index < -0.39 is 10.8 Å². The fourth-order valence-electron chi connectivity index (χ4n) is 4.87. The van der Waals surface area contributed by atoms with Crippen molar-refractivity contribution < 1.29 is 19.1 Å². The van der Waals surface area contributed by atoms with Crippen molar-refractivity contribution >= 4 is 18.5 Å². The van der Waals surface area contributed by atoms with Gasteiger partial charge >= 0.3 is 5.97 Å². The van der Waals surface area contributed by atoms with Crippen LogP contribution in [0.15, 0.2) is 11.6 Å². The molecule has 0 heterocycles. The fraction of sp³-hybridized carbons (Fsp3) is 0.688. The summed E-state index contributed by atoms with van der Waals surface area (Å²) in [4.78, 5) is 35.4. The highest BCUT2D eigenvalue weighted by Crippen LogP contribution is 2.77. The van der Waals surface area contributed by atoms with Gasteiger partial charge in [0.2, 0.25) is 0 Å². The van der Waals surface area contributed by atoms with Gasteiger partial charge in [-0.3, -0.25) is 9.59 Å². The van der Waals surface area contributed by atoms with Crippen LogP contribution in [0.25, 0.3) is 0 Å². The van der Waals surface area contributed by atoms with Crippen molar-refractivity contribution in [3.05, 3.63) is 11.6 Å². The number of esters is 1. The number of fused-ring (bicyclic) bond motifs is 3. The normalized spacial score (nSPS) is 43.9. The molecular weight excluding hydrogens is 256 g/mol. The molecule has 0 spiro atoms. The number of hydrogen-bond donors (Lipinski definition) is 0. The lowest BCUT2D eigenvalue weighted by atomic mass is 9.69. The van der Waals surface area contributed by atoms with Gasteiger partial charge < -0.3 is 9.53 Å². The largest absolute Gasteiger partial charge is 0.469 e. The molecule has 0 amide bonds. The van der Waals surface area contributed by atoms with Gasteiger partial charge in [-0.05, 0) is 36.5 Å². The van der Waals surface area contributed by atoms with Crippen molar-refractivity contribution in [1.82, 2.24) is 0 Å². The van der Waals surface area contributed by atoms with E-state index in [1.807, 2.05) is 6.08 Å². The van der Waals surface area contributed by atoms with E-state index in [1.165, 1.54) is 7.11 Å². The van der Waals surface area contributed by atoms with Gasteiger partial charge in [-0.1, -0.05) is 19.9 Å². The number of carbonyl (C=O) groups is 3. The summed E-state index contributed by atoms with van der Waals surface area (Å²) >= 11 is 0. The molecule has 0 aromatic heterocycles. The zero-order valence-electron chi connectivity index (χ0n) is 12.1. The van der Waals surface area contributed by atoms with Crippen LogP contribution >= 0.6 is 0 Å². The van der Waals surface area contributed by atoms with Crippen LogP contribution in [0, 0.1) is 28.1 Å². The maximum absolute atomic E-state index is 12.4. The average Bonchev–Trinajstić information content (AvgIpc) is 3.03. The van der Waals surface area contributed by atoms with Crippen molar-refractivity contribution in [3.63, 3.8) is 0 Å². The summed E-state index contributed by atoms with van der Waals surface area (Å²) < 4.78 is 4.99. The maximum Gasteiger partial charge on any atom is 0.313 e. The zero-order chi connectivity index (χ0) is 14.8. The first kappa shape index (κ1) is 13.5. The predicted molar refractivity (Wildman–Crippen MR) is 71.7 cm³/mol. The van der Waals surface area contributed by atoms with Crippen LogP contribution in [0.3, 0.4) is 0 Å². The Labute approximate surface area is 118 Å². The third-order valence-corrected chi connectivity index (χ3v) is 5.73. The molecule has 0 N–H and O–H groups in total. The highest BCUT2D eigenvalue weighted by atomic mass is 16.5. The Morgan fingerprint density at radius 3 is 2.60 bits per heavy atom. The maximum atomic E-state index is 12.4. The number of hydrogen-bond acceptors (Lipinski definition) is 4. The SMILES string of the molecule is COC(=O)[C@]12C[C@@]1(C=O)C(C=O)=C[C@@H]1CC(C)(C)C[C@@H]12. The molecule has 0 radical (unpaired) electrons. The Balaban J connectivity index is 2.14. The Morgan fingerprint density at radius 1 is 1.35 bits per heavy atom. The predicted octanol–water partition coefficient (Wildman–Crippen LogP) is 1.93. The molecule has 3 aliphatic rings. The summed E-state index contributed by atoms with van der Waals surface area (Å²) in [5, 5.41) is 0. The van der Waals surface area contributed by atoms with E-state index in [2.05, 4.69) is 13.8 Å². The van der Waals surface area contributed by atoms with Crippen LogP contribution in [0.5, 0.6) is 0 Å². The van der Waals surface area contributed by atoms with Crippen molar-refractivity contribution in [2.45, 2.75) is 33.1 Å². The number of methoxy groups -OCH3 is 1. The van der Waals surface area contributed by atoms with Gasteiger partial charge in [-0.2, -0.15) is 0 Å². The lowest BCUT2D eigenvalue weighted by molar-refractivity contribution is -0.153. The molecule has 0 aliphatic heterocycles. The van der Waals surface area contributed by atoms with Gasteiger partial charge in [-0.15, -0.1) is 0 Å². The van der Waals surface area contributed by atoms with Gasteiger partial charge in [0, 0.05) is 5.57 Å². The summed E-state index contributed by atoms with van der Waals surface area (Å²) in [5.41, 5.74) is -1.12. The van der Waals surface area contributed by atoms with Crippen molar-refractivity contribution in [2.75, 3.05) is 7.11 Å². The van der Waals surface area contributed by atoms with E-state index in [-0.39, 0.29) is 23.2 Å². The highest BCUT2D eigenvalue weighted by molar-refractivity contribution is 5.99. The van der Waals surface area contributed by atoms with Gasteiger partial charge in [0.1, 0.15) is 12.6 Å². The van der Waals surface area contributed by atoms with Crippen molar-refractivity contribution in [2.24, 2.45) is 28.1 Å². The minimum Gasteiger partial charge on any atom is -0.469 e. The number of rotatable bonds is 3. The molecule has 20 heavy (non-hydrogen) atoms. The topological polar surface area (TPSA) is 60.4 Å². The third-order valence-electron chi connectivity index (χ3n) is 5.73. The summed E-state index contributed by atoms with van der Waals surface area (Å²) in [7, 11) is 1.36. The fourth-order valence-corrected chi connectivity index (χ4v) is 4.87. The first-order valence-electron chi connectivity index (χ1n) is 7.09.